The van der Waals surface area contributed by atoms with Gasteiger partial charge in [0.2, 0.25) is 5.91 Å². The van der Waals surface area contributed by atoms with Gasteiger partial charge in [0.25, 0.3) is 5.69 Å². The molecule has 2 aromatic carbocycles. The van der Waals surface area contributed by atoms with Crippen LogP contribution in [0.15, 0.2) is 70.2 Å². The molecular weight excluding hydrogens is 406 g/mol. The van der Waals surface area contributed by atoms with E-state index < -0.39 is 4.92 Å². The number of methoxy groups -OCH3 is 1. The molecular formula is C21H19N3O5S. The zero-order chi connectivity index (χ0) is 21.3. The highest BCUT2D eigenvalue weighted by Gasteiger charge is 2.08. The molecule has 0 bridgehead atoms. The van der Waals surface area contributed by atoms with E-state index in [1.165, 1.54) is 30.1 Å². The summed E-state index contributed by atoms with van der Waals surface area (Å²) in [7, 11) is 1.62. The average molecular weight is 425 g/mol. The van der Waals surface area contributed by atoms with Gasteiger partial charge in [-0.15, -0.1) is 11.8 Å². The Labute approximate surface area is 177 Å². The van der Waals surface area contributed by atoms with Crippen molar-refractivity contribution in [2.45, 2.75) is 5.75 Å². The maximum absolute atomic E-state index is 11.9. The number of carbonyl (C=O) groups is 1. The number of hydrogen-bond acceptors (Lipinski definition) is 7. The van der Waals surface area contributed by atoms with Crippen molar-refractivity contribution >= 4 is 29.6 Å². The first kappa shape index (κ1) is 21.1. The number of thioether (sulfide) groups is 1. The van der Waals surface area contributed by atoms with Crippen molar-refractivity contribution in [3.63, 3.8) is 0 Å². The second kappa shape index (κ2) is 10.3. The van der Waals surface area contributed by atoms with Crippen LogP contribution in [-0.4, -0.2) is 29.9 Å². The van der Waals surface area contributed by atoms with Crippen LogP contribution in [-0.2, 0) is 10.5 Å². The highest BCUT2D eigenvalue weighted by Crippen LogP contribution is 2.24. The van der Waals surface area contributed by atoms with E-state index in [1.807, 2.05) is 24.3 Å². The summed E-state index contributed by atoms with van der Waals surface area (Å²) in [5.41, 5.74) is 4.28. The van der Waals surface area contributed by atoms with Crippen LogP contribution in [0.25, 0.3) is 11.3 Å². The lowest BCUT2D eigenvalue weighted by Crippen LogP contribution is -2.19. The SMILES string of the molecule is COc1ccc(CSCC(=O)N/N=C\c2ccc(-c3ccc([N+](=O)[O-])cc3)o2)cc1. The first-order valence-electron chi connectivity index (χ1n) is 8.92. The van der Waals surface area contributed by atoms with Gasteiger partial charge in [-0.3, -0.25) is 14.9 Å². The third kappa shape index (κ3) is 5.95. The lowest BCUT2D eigenvalue weighted by Gasteiger charge is -2.03. The molecule has 0 radical (unpaired) electrons. The Bertz CT molecular complexity index is 1030. The van der Waals surface area contributed by atoms with E-state index in [9.17, 15) is 14.9 Å². The molecule has 8 nitrogen and oxygen atoms in total. The maximum Gasteiger partial charge on any atom is 0.269 e. The van der Waals surface area contributed by atoms with E-state index in [0.717, 1.165) is 11.3 Å². The number of ether oxygens (including phenoxy) is 1. The van der Waals surface area contributed by atoms with Crippen molar-refractivity contribution in [2.75, 3.05) is 12.9 Å². The number of non-ortho nitro benzene ring substituents is 1. The Morgan fingerprint density at radius 3 is 2.57 bits per heavy atom. The van der Waals surface area contributed by atoms with Crippen LogP contribution in [0, 0.1) is 10.1 Å². The number of carbonyl (C=O) groups excluding carboxylic acids is 1. The van der Waals surface area contributed by atoms with Gasteiger partial charge in [0.15, 0.2) is 0 Å². The molecule has 3 rings (SSSR count). The molecule has 9 heteroatoms. The third-order valence-corrected chi connectivity index (χ3v) is 5.04. The number of hydrazone groups is 1. The van der Waals surface area contributed by atoms with Crippen molar-refractivity contribution in [1.82, 2.24) is 5.43 Å². The predicted octanol–water partition coefficient (Wildman–Crippen LogP) is 4.25. The van der Waals surface area contributed by atoms with Crippen LogP contribution in [0.5, 0.6) is 5.75 Å². The Balaban J connectivity index is 1.44. The van der Waals surface area contributed by atoms with Gasteiger partial charge in [-0.25, -0.2) is 5.43 Å². The Morgan fingerprint density at radius 1 is 1.17 bits per heavy atom. The minimum Gasteiger partial charge on any atom is -0.497 e. The maximum atomic E-state index is 11.9. The van der Waals surface area contributed by atoms with Gasteiger partial charge in [0, 0.05) is 23.4 Å². The van der Waals surface area contributed by atoms with Crippen molar-refractivity contribution < 1.29 is 18.9 Å². The fourth-order valence-corrected chi connectivity index (χ4v) is 3.29. The number of nitrogens with zero attached hydrogens (tertiary/aromatic N) is 2. The lowest BCUT2D eigenvalue weighted by atomic mass is 10.1. The van der Waals surface area contributed by atoms with Crippen LogP contribution in [0.4, 0.5) is 5.69 Å². The van der Waals surface area contributed by atoms with Crippen LogP contribution in [0.2, 0.25) is 0 Å². The Kier molecular flexibility index (Phi) is 7.23. The second-order valence-corrected chi connectivity index (χ2v) is 7.13. The highest BCUT2D eigenvalue weighted by atomic mass is 32.2. The largest absolute Gasteiger partial charge is 0.497 e. The van der Waals surface area contributed by atoms with E-state index in [-0.39, 0.29) is 17.3 Å². The van der Waals surface area contributed by atoms with Crippen LogP contribution in [0.1, 0.15) is 11.3 Å². The van der Waals surface area contributed by atoms with Crippen LogP contribution < -0.4 is 10.2 Å². The molecule has 0 saturated heterocycles. The molecule has 1 amide bonds. The molecule has 1 heterocycles. The van der Waals surface area contributed by atoms with Crippen molar-refractivity contribution in [3.05, 3.63) is 82.1 Å². The number of furan rings is 1. The molecule has 1 aromatic heterocycles. The number of hydrogen-bond donors (Lipinski definition) is 1. The monoisotopic (exact) mass is 425 g/mol. The average Bonchev–Trinajstić information content (AvgIpc) is 3.23. The zero-order valence-corrected chi connectivity index (χ0v) is 16.9. The van der Waals surface area contributed by atoms with E-state index in [2.05, 4.69) is 10.5 Å². The van der Waals surface area contributed by atoms with E-state index in [1.54, 1.807) is 31.4 Å². The summed E-state index contributed by atoms with van der Waals surface area (Å²) in [4.78, 5) is 22.1. The standard InChI is InChI=1S/C21H19N3O5S/c1-28-18-8-2-15(3-9-18)13-30-14-21(25)23-22-12-19-10-11-20(29-19)16-4-6-17(7-5-16)24(26)27/h2-12H,13-14H2,1H3,(H,23,25)/b22-12-. The summed E-state index contributed by atoms with van der Waals surface area (Å²) in [6, 6.07) is 17.2. The van der Waals surface area contributed by atoms with Gasteiger partial charge in [0.05, 0.1) is 24.0 Å². The molecule has 0 fully saturated rings. The highest BCUT2D eigenvalue weighted by molar-refractivity contribution is 7.99. The fraction of sp³-hybridized carbons (Fsp3) is 0.143. The van der Waals surface area contributed by atoms with Gasteiger partial charge in [0.1, 0.15) is 17.3 Å². The molecule has 0 saturated carbocycles. The molecule has 1 N–H and O–H groups in total. The van der Waals surface area contributed by atoms with Crippen molar-refractivity contribution in [2.24, 2.45) is 5.10 Å². The van der Waals surface area contributed by atoms with Crippen LogP contribution >= 0.6 is 11.8 Å². The van der Waals surface area contributed by atoms with Gasteiger partial charge < -0.3 is 9.15 Å². The number of amides is 1. The predicted molar refractivity (Wildman–Crippen MR) is 116 cm³/mol. The topological polar surface area (TPSA) is 107 Å². The molecule has 0 aliphatic rings. The lowest BCUT2D eigenvalue weighted by molar-refractivity contribution is -0.384. The van der Waals surface area contributed by atoms with Gasteiger partial charge in [-0.2, -0.15) is 5.10 Å². The van der Waals surface area contributed by atoms with E-state index >= 15 is 0 Å². The third-order valence-electron chi connectivity index (χ3n) is 4.03. The Hall–Kier alpha value is -3.59. The molecule has 0 aliphatic carbocycles. The number of nitrogens with one attached hydrogen (secondary N) is 1. The number of nitro benzene ring substituents is 1. The Morgan fingerprint density at radius 2 is 1.90 bits per heavy atom. The van der Waals surface area contributed by atoms with Crippen molar-refractivity contribution in [3.8, 4) is 17.1 Å². The van der Waals surface area contributed by atoms with E-state index in [4.69, 9.17) is 9.15 Å². The second-order valence-electron chi connectivity index (χ2n) is 6.14. The minimum absolute atomic E-state index is 0.0136. The fourth-order valence-electron chi connectivity index (χ4n) is 2.51. The van der Waals surface area contributed by atoms with Crippen molar-refractivity contribution in [1.29, 1.82) is 0 Å². The van der Waals surface area contributed by atoms with Gasteiger partial charge in [-0.1, -0.05) is 12.1 Å². The number of benzene rings is 2. The van der Waals surface area contributed by atoms with Gasteiger partial charge >= 0.3 is 0 Å². The summed E-state index contributed by atoms with van der Waals surface area (Å²) in [5.74, 6) is 2.56. The molecule has 0 unspecified atom stereocenters. The summed E-state index contributed by atoms with van der Waals surface area (Å²) < 4.78 is 10.7. The normalized spacial score (nSPS) is 10.8. The summed E-state index contributed by atoms with van der Waals surface area (Å²) in [6.07, 6.45) is 1.40. The molecule has 154 valence electrons. The first-order chi connectivity index (χ1) is 14.5. The molecule has 0 aliphatic heterocycles. The number of rotatable bonds is 9. The number of nitro groups is 1. The smallest absolute Gasteiger partial charge is 0.269 e. The summed E-state index contributed by atoms with van der Waals surface area (Å²) in [5, 5.41) is 14.6. The molecule has 30 heavy (non-hydrogen) atoms. The quantitative estimate of drug-likeness (QED) is 0.312. The molecule has 0 spiro atoms. The van der Waals surface area contributed by atoms with Crippen LogP contribution in [0.3, 0.4) is 0 Å². The minimum atomic E-state index is -0.456. The zero-order valence-electron chi connectivity index (χ0n) is 16.1. The molecule has 3 aromatic rings. The summed E-state index contributed by atoms with van der Waals surface area (Å²) >= 11 is 1.48. The van der Waals surface area contributed by atoms with Gasteiger partial charge in [-0.05, 0) is 42.0 Å². The first-order valence-corrected chi connectivity index (χ1v) is 10.1. The van der Waals surface area contributed by atoms with E-state index in [0.29, 0.717) is 22.8 Å². The molecule has 0 atom stereocenters. The summed E-state index contributed by atoms with van der Waals surface area (Å²) in [6.45, 7) is 0.